The van der Waals surface area contributed by atoms with Gasteiger partial charge in [0, 0.05) is 18.0 Å². The van der Waals surface area contributed by atoms with Crippen LogP contribution in [-0.2, 0) is 0 Å². The molecule has 2 aliphatic rings. The van der Waals surface area contributed by atoms with Crippen molar-refractivity contribution in [3.63, 3.8) is 0 Å². The summed E-state index contributed by atoms with van der Waals surface area (Å²) in [5.74, 6) is 2.16. The van der Waals surface area contributed by atoms with Gasteiger partial charge in [0.2, 0.25) is 0 Å². The average Bonchev–Trinajstić information content (AvgIpc) is 2.87. The van der Waals surface area contributed by atoms with Crippen LogP contribution in [0.5, 0.6) is 0 Å². The summed E-state index contributed by atoms with van der Waals surface area (Å²) < 4.78 is 5.28. The predicted octanol–water partition coefficient (Wildman–Crippen LogP) is 2.77. The first-order valence-corrected chi connectivity index (χ1v) is 7.73. The maximum atomic E-state index is 11.2. The molecular weight excluding hydrogens is 240 g/mol. The van der Waals surface area contributed by atoms with E-state index in [1.54, 1.807) is 6.07 Å². The van der Waals surface area contributed by atoms with E-state index in [9.17, 15) is 4.79 Å². The summed E-state index contributed by atoms with van der Waals surface area (Å²) in [6.45, 7) is 1.04. The van der Waals surface area contributed by atoms with Crippen molar-refractivity contribution in [1.29, 1.82) is 0 Å². The van der Waals surface area contributed by atoms with Crippen LogP contribution >= 0.6 is 0 Å². The minimum absolute atomic E-state index is 0.114. The van der Waals surface area contributed by atoms with Gasteiger partial charge in [-0.25, -0.2) is 0 Å². The molecule has 1 saturated heterocycles. The molecule has 1 saturated carbocycles. The third kappa shape index (κ3) is 3.30. The standard InChI is InChI=1S/C15H24N2O2/c18-15-10-14(19-17-15)12-6-7-16-13(9-12)8-11-4-2-1-3-5-11/h10-13,16H,1-9H2,(H,17,18)/t12-,13-/m0/s1. The van der Waals surface area contributed by atoms with Crippen LogP contribution in [0.3, 0.4) is 0 Å². The molecule has 2 N–H and O–H groups in total. The number of aromatic nitrogens is 1. The van der Waals surface area contributed by atoms with Crippen molar-refractivity contribution >= 4 is 0 Å². The molecule has 1 aliphatic carbocycles. The summed E-state index contributed by atoms with van der Waals surface area (Å²) in [7, 11) is 0. The van der Waals surface area contributed by atoms with E-state index in [0.29, 0.717) is 12.0 Å². The molecule has 1 aromatic heterocycles. The van der Waals surface area contributed by atoms with Crippen molar-refractivity contribution in [3.05, 3.63) is 22.2 Å². The van der Waals surface area contributed by atoms with E-state index in [1.807, 2.05) is 0 Å². The van der Waals surface area contributed by atoms with Crippen LogP contribution in [-0.4, -0.2) is 17.7 Å². The summed E-state index contributed by atoms with van der Waals surface area (Å²) in [6.07, 6.45) is 10.5. The van der Waals surface area contributed by atoms with Gasteiger partial charge in [0.15, 0.2) is 0 Å². The van der Waals surface area contributed by atoms with Gasteiger partial charge >= 0.3 is 0 Å². The number of hydrogen-bond donors (Lipinski definition) is 2. The molecule has 0 aromatic carbocycles. The van der Waals surface area contributed by atoms with Gasteiger partial charge in [0.1, 0.15) is 5.76 Å². The summed E-state index contributed by atoms with van der Waals surface area (Å²) in [6, 6.07) is 2.22. The van der Waals surface area contributed by atoms with Crippen LogP contribution in [0.4, 0.5) is 0 Å². The molecule has 1 aliphatic heterocycles. The van der Waals surface area contributed by atoms with E-state index in [4.69, 9.17) is 4.52 Å². The van der Waals surface area contributed by atoms with Gasteiger partial charge in [0.05, 0.1) is 0 Å². The second-order valence-electron chi connectivity index (χ2n) is 6.23. The van der Waals surface area contributed by atoms with E-state index in [1.165, 1.54) is 38.5 Å². The molecule has 3 rings (SSSR count). The Hall–Kier alpha value is -1.03. The van der Waals surface area contributed by atoms with Gasteiger partial charge < -0.3 is 9.84 Å². The maximum Gasteiger partial charge on any atom is 0.280 e. The van der Waals surface area contributed by atoms with Crippen LogP contribution in [0, 0.1) is 5.92 Å². The molecule has 2 atom stereocenters. The summed E-state index contributed by atoms with van der Waals surface area (Å²) in [5, 5.41) is 6.05. The smallest absolute Gasteiger partial charge is 0.280 e. The van der Waals surface area contributed by atoms with Crippen molar-refractivity contribution in [1.82, 2.24) is 10.5 Å². The fourth-order valence-corrected chi connectivity index (χ4v) is 3.77. The van der Waals surface area contributed by atoms with E-state index in [2.05, 4.69) is 10.5 Å². The van der Waals surface area contributed by atoms with Crippen molar-refractivity contribution in [2.75, 3.05) is 6.54 Å². The fraction of sp³-hybridized carbons (Fsp3) is 0.800. The minimum Gasteiger partial charge on any atom is -0.383 e. The largest absolute Gasteiger partial charge is 0.383 e. The van der Waals surface area contributed by atoms with Crippen molar-refractivity contribution in [3.8, 4) is 0 Å². The lowest BCUT2D eigenvalue weighted by atomic mass is 9.80. The zero-order chi connectivity index (χ0) is 13.1. The zero-order valence-corrected chi connectivity index (χ0v) is 11.5. The summed E-state index contributed by atoms with van der Waals surface area (Å²) >= 11 is 0. The Morgan fingerprint density at radius 1 is 1.21 bits per heavy atom. The van der Waals surface area contributed by atoms with Crippen molar-refractivity contribution in [2.45, 2.75) is 63.3 Å². The van der Waals surface area contributed by atoms with Gasteiger partial charge in [-0.05, 0) is 31.7 Å². The van der Waals surface area contributed by atoms with Gasteiger partial charge in [-0.3, -0.25) is 4.79 Å². The molecule has 4 heteroatoms. The van der Waals surface area contributed by atoms with E-state index in [0.717, 1.165) is 31.1 Å². The summed E-state index contributed by atoms with van der Waals surface area (Å²) in [5.41, 5.74) is -0.114. The van der Waals surface area contributed by atoms with Crippen LogP contribution < -0.4 is 10.9 Å². The molecule has 0 bridgehead atoms. The highest BCUT2D eigenvalue weighted by molar-refractivity contribution is 5.05. The number of nitrogens with one attached hydrogen (secondary N) is 2. The molecule has 0 spiro atoms. The lowest BCUT2D eigenvalue weighted by molar-refractivity contribution is 0.242. The number of hydrogen-bond acceptors (Lipinski definition) is 3. The number of piperidine rings is 1. The average molecular weight is 264 g/mol. The monoisotopic (exact) mass is 264 g/mol. The first kappa shape index (κ1) is 13.0. The van der Waals surface area contributed by atoms with Crippen LogP contribution in [0.25, 0.3) is 0 Å². The Labute approximate surface area is 113 Å². The van der Waals surface area contributed by atoms with E-state index in [-0.39, 0.29) is 5.56 Å². The molecule has 0 radical (unpaired) electrons. The van der Waals surface area contributed by atoms with Crippen LogP contribution in [0.2, 0.25) is 0 Å². The highest BCUT2D eigenvalue weighted by atomic mass is 16.5. The Balaban J connectivity index is 1.56. The first-order chi connectivity index (χ1) is 9.31. The van der Waals surface area contributed by atoms with Gasteiger partial charge in [-0.1, -0.05) is 32.1 Å². The number of H-pyrrole nitrogens is 1. The quantitative estimate of drug-likeness (QED) is 0.882. The number of rotatable bonds is 3. The fourth-order valence-electron chi connectivity index (χ4n) is 3.77. The highest BCUT2D eigenvalue weighted by Gasteiger charge is 2.27. The minimum atomic E-state index is -0.114. The second-order valence-corrected chi connectivity index (χ2v) is 6.23. The highest BCUT2D eigenvalue weighted by Crippen LogP contribution is 2.33. The molecule has 1 aromatic rings. The molecule has 19 heavy (non-hydrogen) atoms. The van der Waals surface area contributed by atoms with Crippen LogP contribution in [0.1, 0.15) is 63.0 Å². The maximum absolute atomic E-state index is 11.2. The molecule has 2 fully saturated rings. The molecule has 0 unspecified atom stereocenters. The zero-order valence-electron chi connectivity index (χ0n) is 11.5. The van der Waals surface area contributed by atoms with E-state index < -0.39 is 0 Å². The summed E-state index contributed by atoms with van der Waals surface area (Å²) in [4.78, 5) is 11.2. The Morgan fingerprint density at radius 2 is 2.05 bits per heavy atom. The normalized spacial score (nSPS) is 29.5. The second kappa shape index (κ2) is 5.95. The molecule has 0 amide bonds. The third-order valence-corrected chi connectivity index (χ3v) is 4.78. The first-order valence-electron chi connectivity index (χ1n) is 7.73. The Bertz CT molecular complexity index is 445. The molecule has 2 heterocycles. The third-order valence-electron chi connectivity index (χ3n) is 4.78. The number of aromatic amines is 1. The van der Waals surface area contributed by atoms with Crippen LogP contribution in [0.15, 0.2) is 15.4 Å². The van der Waals surface area contributed by atoms with E-state index >= 15 is 0 Å². The predicted molar refractivity (Wildman–Crippen MR) is 74.3 cm³/mol. The molecule has 4 nitrogen and oxygen atoms in total. The van der Waals surface area contributed by atoms with Gasteiger partial charge in [-0.2, -0.15) is 5.16 Å². The Morgan fingerprint density at radius 3 is 2.79 bits per heavy atom. The lowest BCUT2D eigenvalue weighted by Gasteiger charge is -2.32. The molecular formula is C15H24N2O2. The SMILES string of the molecule is O=c1cc([C@H]2CCN[C@@H](CC3CCCCC3)C2)o[nH]1. The topological polar surface area (TPSA) is 58.0 Å². The lowest BCUT2D eigenvalue weighted by Crippen LogP contribution is -2.38. The Kier molecular flexibility index (Phi) is 4.06. The van der Waals surface area contributed by atoms with Crippen molar-refractivity contribution < 1.29 is 4.52 Å². The van der Waals surface area contributed by atoms with Gasteiger partial charge in [0.25, 0.3) is 5.56 Å². The van der Waals surface area contributed by atoms with Crippen molar-refractivity contribution in [2.24, 2.45) is 5.92 Å². The molecule has 106 valence electrons. The van der Waals surface area contributed by atoms with Gasteiger partial charge in [-0.15, -0.1) is 0 Å².